The Hall–Kier alpha value is -1.96. The molecule has 24 heavy (non-hydrogen) atoms. The summed E-state index contributed by atoms with van der Waals surface area (Å²) in [5, 5.41) is 0. The second-order valence-electron chi connectivity index (χ2n) is 5.80. The Bertz CT molecular complexity index is 786. The van der Waals surface area contributed by atoms with Gasteiger partial charge in [0.2, 0.25) is 10.0 Å². The first-order valence-electron chi connectivity index (χ1n) is 7.85. The molecule has 0 saturated carbocycles. The molecule has 0 spiro atoms. The quantitative estimate of drug-likeness (QED) is 0.591. The fraction of sp³-hybridized carbons (Fsp3) is 0.353. The van der Waals surface area contributed by atoms with E-state index in [0.29, 0.717) is 31.2 Å². The number of hydrogen-bond donors (Lipinski definition) is 0. The third-order valence-electron chi connectivity index (χ3n) is 4.01. The third kappa shape index (κ3) is 3.58. The standard InChI is InChI=1S/C17H21N3O3S/c1-2-10-23-14-15-11-19-9-8-18-17(19)13-20(12-15)24(21,22)16-6-4-3-5-7-16/h2-9,15H,1,10-14H2. The number of fused-ring (bicyclic) bond motifs is 1. The Morgan fingerprint density at radius 1 is 1.29 bits per heavy atom. The summed E-state index contributed by atoms with van der Waals surface area (Å²) >= 11 is 0. The predicted molar refractivity (Wildman–Crippen MR) is 90.8 cm³/mol. The first kappa shape index (κ1) is 16.9. The Kier molecular flexibility index (Phi) is 5.13. The van der Waals surface area contributed by atoms with Gasteiger partial charge in [0.25, 0.3) is 0 Å². The van der Waals surface area contributed by atoms with E-state index in [4.69, 9.17) is 4.74 Å². The van der Waals surface area contributed by atoms with E-state index in [1.807, 2.05) is 10.8 Å². The molecule has 1 aromatic carbocycles. The van der Waals surface area contributed by atoms with Crippen molar-refractivity contribution in [3.8, 4) is 0 Å². The van der Waals surface area contributed by atoms with Crippen molar-refractivity contribution in [2.75, 3.05) is 19.8 Å². The molecular formula is C17H21N3O3S. The van der Waals surface area contributed by atoms with Crippen LogP contribution in [-0.2, 0) is 27.8 Å². The van der Waals surface area contributed by atoms with Crippen molar-refractivity contribution in [3.05, 3.63) is 61.2 Å². The van der Waals surface area contributed by atoms with Crippen LogP contribution in [0.4, 0.5) is 0 Å². The van der Waals surface area contributed by atoms with Gasteiger partial charge >= 0.3 is 0 Å². The molecule has 0 aliphatic carbocycles. The van der Waals surface area contributed by atoms with Crippen LogP contribution in [0.25, 0.3) is 0 Å². The van der Waals surface area contributed by atoms with E-state index >= 15 is 0 Å². The molecule has 3 rings (SSSR count). The van der Waals surface area contributed by atoms with Gasteiger partial charge in [-0.1, -0.05) is 24.3 Å². The average Bonchev–Trinajstić information content (AvgIpc) is 2.94. The van der Waals surface area contributed by atoms with Crippen LogP contribution in [0.2, 0.25) is 0 Å². The lowest BCUT2D eigenvalue weighted by atomic mass is 10.1. The maximum absolute atomic E-state index is 13.0. The monoisotopic (exact) mass is 347 g/mol. The van der Waals surface area contributed by atoms with Gasteiger partial charge in [-0.25, -0.2) is 13.4 Å². The molecule has 0 radical (unpaired) electrons. The summed E-state index contributed by atoms with van der Waals surface area (Å²) in [5.41, 5.74) is 0. The average molecular weight is 347 g/mol. The molecule has 1 aliphatic rings. The zero-order chi connectivity index (χ0) is 17.0. The number of benzene rings is 1. The molecule has 1 aliphatic heterocycles. The first-order chi connectivity index (χ1) is 11.6. The van der Waals surface area contributed by atoms with E-state index in [1.54, 1.807) is 42.6 Å². The topological polar surface area (TPSA) is 64.4 Å². The van der Waals surface area contributed by atoms with Crippen molar-refractivity contribution < 1.29 is 13.2 Å². The number of hydrogen-bond acceptors (Lipinski definition) is 4. The van der Waals surface area contributed by atoms with Gasteiger partial charge in [0.1, 0.15) is 5.82 Å². The van der Waals surface area contributed by atoms with Gasteiger partial charge in [-0.15, -0.1) is 6.58 Å². The van der Waals surface area contributed by atoms with E-state index in [0.717, 1.165) is 5.82 Å². The van der Waals surface area contributed by atoms with E-state index < -0.39 is 10.0 Å². The predicted octanol–water partition coefficient (Wildman–Crippen LogP) is 1.91. The molecule has 128 valence electrons. The maximum atomic E-state index is 13.0. The third-order valence-corrected chi connectivity index (χ3v) is 5.83. The van der Waals surface area contributed by atoms with E-state index in [9.17, 15) is 8.42 Å². The van der Waals surface area contributed by atoms with Gasteiger partial charge in [0.15, 0.2) is 0 Å². The lowest BCUT2D eigenvalue weighted by Crippen LogP contribution is -2.35. The minimum atomic E-state index is -3.57. The highest BCUT2D eigenvalue weighted by atomic mass is 32.2. The minimum absolute atomic E-state index is 0.0545. The van der Waals surface area contributed by atoms with Crippen molar-refractivity contribution in [2.45, 2.75) is 18.0 Å². The Labute approximate surface area is 142 Å². The lowest BCUT2D eigenvalue weighted by Gasteiger charge is -2.23. The molecule has 0 bridgehead atoms. The molecule has 7 heteroatoms. The van der Waals surface area contributed by atoms with Crippen molar-refractivity contribution in [2.24, 2.45) is 5.92 Å². The van der Waals surface area contributed by atoms with Gasteiger partial charge in [0.05, 0.1) is 24.7 Å². The fourth-order valence-electron chi connectivity index (χ4n) is 2.85. The summed E-state index contributed by atoms with van der Waals surface area (Å²) < 4.78 is 35.0. The Morgan fingerprint density at radius 3 is 2.83 bits per heavy atom. The highest BCUT2D eigenvalue weighted by Crippen LogP contribution is 2.23. The van der Waals surface area contributed by atoms with Crippen LogP contribution in [0.15, 0.2) is 60.3 Å². The fourth-order valence-corrected chi connectivity index (χ4v) is 4.34. The number of imidazole rings is 1. The number of rotatable bonds is 6. The van der Waals surface area contributed by atoms with Gasteiger partial charge in [-0.3, -0.25) is 0 Å². The van der Waals surface area contributed by atoms with Crippen LogP contribution in [0, 0.1) is 5.92 Å². The second-order valence-corrected chi connectivity index (χ2v) is 7.74. The second kappa shape index (κ2) is 7.29. The van der Waals surface area contributed by atoms with Crippen LogP contribution in [0.1, 0.15) is 5.82 Å². The van der Waals surface area contributed by atoms with Crippen molar-refractivity contribution in [1.82, 2.24) is 13.9 Å². The molecular weight excluding hydrogens is 326 g/mol. The van der Waals surface area contributed by atoms with E-state index in [-0.39, 0.29) is 12.5 Å². The van der Waals surface area contributed by atoms with Gasteiger partial charge in [-0.05, 0) is 12.1 Å². The number of sulfonamides is 1. The smallest absolute Gasteiger partial charge is 0.243 e. The SMILES string of the molecule is C=CCOCC1CN(S(=O)(=O)c2ccccc2)Cc2nccn2C1. The lowest BCUT2D eigenvalue weighted by molar-refractivity contribution is 0.109. The summed E-state index contributed by atoms with van der Waals surface area (Å²) in [4.78, 5) is 4.61. The van der Waals surface area contributed by atoms with Crippen LogP contribution >= 0.6 is 0 Å². The molecule has 0 amide bonds. The number of ether oxygens (including phenoxy) is 1. The van der Waals surface area contributed by atoms with Crippen molar-refractivity contribution >= 4 is 10.0 Å². The summed E-state index contributed by atoms with van der Waals surface area (Å²) in [6.07, 6.45) is 5.28. The summed E-state index contributed by atoms with van der Waals surface area (Å²) in [6.45, 7) is 5.92. The molecule has 1 unspecified atom stereocenters. The van der Waals surface area contributed by atoms with Crippen molar-refractivity contribution in [1.29, 1.82) is 0 Å². The largest absolute Gasteiger partial charge is 0.377 e. The molecule has 6 nitrogen and oxygen atoms in total. The van der Waals surface area contributed by atoms with Gasteiger partial charge < -0.3 is 9.30 Å². The summed E-state index contributed by atoms with van der Waals surface area (Å²) in [6, 6.07) is 8.51. The maximum Gasteiger partial charge on any atom is 0.243 e. The molecule has 2 aromatic rings. The number of nitrogens with zero attached hydrogens (tertiary/aromatic N) is 3. The van der Waals surface area contributed by atoms with Crippen LogP contribution in [0.3, 0.4) is 0 Å². The van der Waals surface area contributed by atoms with Gasteiger partial charge in [0, 0.05) is 31.4 Å². The normalized spacial score (nSPS) is 18.8. The molecule has 0 saturated heterocycles. The van der Waals surface area contributed by atoms with E-state index in [2.05, 4.69) is 11.6 Å². The zero-order valence-corrected chi connectivity index (χ0v) is 14.2. The summed E-state index contributed by atoms with van der Waals surface area (Å²) in [7, 11) is -3.57. The van der Waals surface area contributed by atoms with Crippen LogP contribution in [-0.4, -0.2) is 42.0 Å². The highest BCUT2D eigenvalue weighted by Gasteiger charge is 2.31. The molecule has 0 N–H and O–H groups in total. The van der Waals surface area contributed by atoms with Gasteiger partial charge in [-0.2, -0.15) is 4.31 Å². The number of aromatic nitrogens is 2. The molecule has 0 fully saturated rings. The Balaban J connectivity index is 1.88. The van der Waals surface area contributed by atoms with Crippen molar-refractivity contribution in [3.63, 3.8) is 0 Å². The highest BCUT2D eigenvalue weighted by molar-refractivity contribution is 7.89. The minimum Gasteiger partial charge on any atom is -0.377 e. The van der Waals surface area contributed by atoms with E-state index in [1.165, 1.54) is 4.31 Å². The van der Waals surface area contributed by atoms with Crippen LogP contribution in [0.5, 0.6) is 0 Å². The zero-order valence-electron chi connectivity index (χ0n) is 13.4. The van der Waals surface area contributed by atoms with Crippen LogP contribution < -0.4 is 0 Å². The molecule has 1 atom stereocenters. The summed E-state index contributed by atoms with van der Waals surface area (Å²) in [5.74, 6) is 0.805. The first-order valence-corrected chi connectivity index (χ1v) is 9.29. The molecule has 2 heterocycles. The molecule has 1 aromatic heterocycles. The Morgan fingerprint density at radius 2 is 2.08 bits per heavy atom.